The topological polar surface area (TPSA) is 61.4 Å². The van der Waals surface area contributed by atoms with Crippen LogP contribution in [-0.2, 0) is 9.59 Å². The second-order valence-electron chi connectivity index (χ2n) is 4.98. The van der Waals surface area contributed by atoms with Gasteiger partial charge in [-0.15, -0.1) is 0 Å². The van der Waals surface area contributed by atoms with Gasteiger partial charge in [0.25, 0.3) is 0 Å². The molecule has 0 aromatic carbocycles. The zero-order valence-corrected chi connectivity index (χ0v) is 9.82. The minimum Gasteiger partial charge on any atom is -0.352 e. The molecule has 2 fully saturated rings. The predicted molar refractivity (Wildman–Crippen MR) is 59.8 cm³/mol. The molecule has 0 aliphatic carbocycles. The summed E-state index contributed by atoms with van der Waals surface area (Å²) in [6.07, 6.45) is 0.744. The highest BCUT2D eigenvalue weighted by Gasteiger charge is 2.40. The molecule has 90 valence electrons. The van der Waals surface area contributed by atoms with Crippen molar-refractivity contribution in [1.82, 2.24) is 15.5 Å². The molecule has 0 radical (unpaired) electrons. The Morgan fingerprint density at radius 3 is 2.81 bits per heavy atom. The third-order valence-electron chi connectivity index (χ3n) is 3.18. The molecule has 2 saturated heterocycles. The average Bonchev–Trinajstić information content (AvgIpc) is 2.22. The van der Waals surface area contributed by atoms with E-state index in [1.54, 1.807) is 4.90 Å². The largest absolute Gasteiger partial charge is 0.352 e. The van der Waals surface area contributed by atoms with Crippen LogP contribution in [-0.4, -0.2) is 48.4 Å². The first-order valence-corrected chi connectivity index (χ1v) is 5.89. The molecule has 2 aliphatic heterocycles. The van der Waals surface area contributed by atoms with E-state index in [1.165, 1.54) is 0 Å². The van der Waals surface area contributed by atoms with Crippen molar-refractivity contribution < 1.29 is 9.59 Å². The summed E-state index contributed by atoms with van der Waals surface area (Å²) in [5.41, 5.74) is 0. The Labute approximate surface area is 95.6 Å². The summed E-state index contributed by atoms with van der Waals surface area (Å²) in [7, 11) is 0. The summed E-state index contributed by atoms with van der Waals surface area (Å²) in [5, 5.41) is 5.96. The van der Waals surface area contributed by atoms with Crippen LogP contribution in [0.3, 0.4) is 0 Å². The van der Waals surface area contributed by atoms with Crippen LogP contribution in [0.15, 0.2) is 0 Å². The van der Waals surface area contributed by atoms with E-state index >= 15 is 0 Å². The number of rotatable bonds is 2. The van der Waals surface area contributed by atoms with Gasteiger partial charge < -0.3 is 15.5 Å². The van der Waals surface area contributed by atoms with Gasteiger partial charge in [-0.2, -0.15) is 0 Å². The summed E-state index contributed by atoms with van der Waals surface area (Å²) in [5.74, 6) is 0.467. The number of carbonyl (C=O) groups excluding carboxylic acids is 2. The molecule has 16 heavy (non-hydrogen) atoms. The number of carbonyl (C=O) groups is 2. The number of fused-ring (bicyclic) bond motifs is 1. The molecular weight excluding hydrogens is 206 g/mol. The molecule has 0 saturated carbocycles. The minimum atomic E-state index is -0.270. The maximum atomic E-state index is 11.8. The Morgan fingerprint density at radius 1 is 1.38 bits per heavy atom. The van der Waals surface area contributed by atoms with E-state index in [-0.39, 0.29) is 23.9 Å². The Balaban J connectivity index is 2.16. The van der Waals surface area contributed by atoms with Gasteiger partial charge in [-0.1, -0.05) is 13.8 Å². The molecule has 2 amide bonds. The van der Waals surface area contributed by atoms with Crippen LogP contribution in [0, 0.1) is 5.92 Å². The van der Waals surface area contributed by atoms with Crippen LogP contribution >= 0.6 is 0 Å². The molecule has 5 nitrogen and oxygen atoms in total. The molecule has 2 rings (SSSR count). The molecular formula is C11H19N3O2. The van der Waals surface area contributed by atoms with Gasteiger partial charge in [-0.3, -0.25) is 9.59 Å². The van der Waals surface area contributed by atoms with Crippen molar-refractivity contribution in [3.8, 4) is 0 Å². The number of nitrogens with one attached hydrogen (secondary N) is 2. The first-order valence-electron chi connectivity index (χ1n) is 5.89. The molecule has 5 heteroatoms. The summed E-state index contributed by atoms with van der Waals surface area (Å²) >= 11 is 0. The second kappa shape index (κ2) is 4.41. The fourth-order valence-electron chi connectivity index (χ4n) is 2.47. The Bertz CT molecular complexity index is 304. The van der Waals surface area contributed by atoms with Gasteiger partial charge in [0.15, 0.2) is 0 Å². The van der Waals surface area contributed by atoms with E-state index < -0.39 is 0 Å². The number of piperazine rings is 2. The van der Waals surface area contributed by atoms with E-state index in [2.05, 4.69) is 24.5 Å². The summed E-state index contributed by atoms with van der Waals surface area (Å²) < 4.78 is 0. The molecule has 0 spiro atoms. The Hall–Kier alpha value is -1.10. The molecule has 2 unspecified atom stereocenters. The fraction of sp³-hybridized carbons (Fsp3) is 0.818. The Morgan fingerprint density at radius 2 is 2.12 bits per heavy atom. The predicted octanol–water partition coefficient (Wildman–Crippen LogP) is -0.669. The van der Waals surface area contributed by atoms with Gasteiger partial charge in [-0.05, 0) is 12.3 Å². The van der Waals surface area contributed by atoms with Gasteiger partial charge in [-0.25, -0.2) is 0 Å². The normalized spacial score (nSPS) is 30.3. The lowest BCUT2D eigenvalue weighted by atomic mass is 9.96. The zero-order valence-electron chi connectivity index (χ0n) is 9.82. The van der Waals surface area contributed by atoms with Crippen molar-refractivity contribution >= 4 is 11.8 Å². The minimum absolute atomic E-state index is 0.000185. The van der Waals surface area contributed by atoms with Crippen molar-refractivity contribution in [2.24, 2.45) is 5.92 Å². The Kier molecular flexibility index (Phi) is 3.14. The van der Waals surface area contributed by atoms with E-state index in [1.807, 2.05) is 0 Å². The number of nitrogens with zero attached hydrogens (tertiary/aromatic N) is 1. The first kappa shape index (κ1) is 11.4. The monoisotopic (exact) mass is 225 g/mol. The maximum Gasteiger partial charge on any atom is 0.242 e. The highest BCUT2D eigenvalue weighted by atomic mass is 16.2. The van der Waals surface area contributed by atoms with Crippen molar-refractivity contribution in [2.45, 2.75) is 32.4 Å². The SMILES string of the molecule is CC(C)CC1C(=O)NCC2CNCC(=O)N21. The lowest BCUT2D eigenvalue weighted by Crippen LogP contribution is -2.68. The van der Waals surface area contributed by atoms with Crippen LogP contribution in [0.1, 0.15) is 20.3 Å². The van der Waals surface area contributed by atoms with Crippen LogP contribution < -0.4 is 10.6 Å². The first-order chi connectivity index (χ1) is 7.59. The maximum absolute atomic E-state index is 11.8. The van der Waals surface area contributed by atoms with E-state index in [9.17, 15) is 9.59 Å². The van der Waals surface area contributed by atoms with E-state index in [4.69, 9.17) is 0 Å². The quantitative estimate of drug-likeness (QED) is 0.655. The van der Waals surface area contributed by atoms with E-state index in [0.717, 1.165) is 13.0 Å². The molecule has 2 heterocycles. The summed E-state index contributed by atoms with van der Waals surface area (Å²) in [6.45, 7) is 5.86. The van der Waals surface area contributed by atoms with Crippen molar-refractivity contribution in [3.05, 3.63) is 0 Å². The lowest BCUT2D eigenvalue weighted by Gasteiger charge is -2.44. The smallest absolute Gasteiger partial charge is 0.242 e. The van der Waals surface area contributed by atoms with Crippen molar-refractivity contribution in [2.75, 3.05) is 19.6 Å². The van der Waals surface area contributed by atoms with Gasteiger partial charge in [0, 0.05) is 13.1 Å². The number of hydrogen-bond donors (Lipinski definition) is 2. The summed E-state index contributed by atoms with van der Waals surface area (Å²) in [6, 6.07) is -0.143. The van der Waals surface area contributed by atoms with Crippen LogP contribution in [0.2, 0.25) is 0 Å². The molecule has 0 bridgehead atoms. The van der Waals surface area contributed by atoms with Gasteiger partial charge >= 0.3 is 0 Å². The molecule has 0 aromatic heterocycles. The number of hydrogen-bond acceptors (Lipinski definition) is 3. The molecule has 2 atom stereocenters. The molecule has 2 aliphatic rings. The molecule has 2 N–H and O–H groups in total. The van der Waals surface area contributed by atoms with Crippen LogP contribution in [0.5, 0.6) is 0 Å². The van der Waals surface area contributed by atoms with Gasteiger partial charge in [0.1, 0.15) is 6.04 Å². The molecule has 0 aromatic rings. The highest BCUT2D eigenvalue weighted by Crippen LogP contribution is 2.19. The summed E-state index contributed by atoms with van der Waals surface area (Å²) in [4.78, 5) is 25.4. The van der Waals surface area contributed by atoms with Crippen molar-refractivity contribution in [1.29, 1.82) is 0 Å². The third kappa shape index (κ3) is 2.04. The second-order valence-corrected chi connectivity index (χ2v) is 4.98. The van der Waals surface area contributed by atoms with Gasteiger partial charge in [0.2, 0.25) is 11.8 Å². The highest BCUT2D eigenvalue weighted by molar-refractivity contribution is 5.90. The van der Waals surface area contributed by atoms with Gasteiger partial charge in [0.05, 0.1) is 12.6 Å². The lowest BCUT2D eigenvalue weighted by molar-refractivity contribution is -0.149. The fourth-order valence-corrected chi connectivity index (χ4v) is 2.47. The average molecular weight is 225 g/mol. The van der Waals surface area contributed by atoms with E-state index in [0.29, 0.717) is 19.0 Å². The standard InChI is InChI=1S/C11H19N3O2/c1-7(2)3-9-11(16)13-5-8-4-12-6-10(15)14(8)9/h7-9,12H,3-6H2,1-2H3,(H,13,16). The van der Waals surface area contributed by atoms with Crippen LogP contribution in [0.25, 0.3) is 0 Å². The van der Waals surface area contributed by atoms with Crippen LogP contribution in [0.4, 0.5) is 0 Å². The number of amides is 2. The van der Waals surface area contributed by atoms with Crippen molar-refractivity contribution in [3.63, 3.8) is 0 Å². The third-order valence-corrected chi connectivity index (χ3v) is 3.18. The zero-order chi connectivity index (χ0) is 11.7.